The van der Waals surface area contributed by atoms with Crippen LogP contribution in [0, 0.1) is 5.92 Å². The summed E-state index contributed by atoms with van der Waals surface area (Å²) in [4.78, 5) is 30.1. The first-order valence-corrected chi connectivity index (χ1v) is 8.08. The minimum atomic E-state index is -0.0174. The van der Waals surface area contributed by atoms with Crippen molar-refractivity contribution in [3.05, 3.63) is 28.5 Å². The Bertz CT molecular complexity index is 513. The molecule has 1 saturated heterocycles. The van der Waals surface area contributed by atoms with Crippen molar-refractivity contribution in [3.63, 3.8) is 0 Å². The summed E-state index contributed by atoms with van der Waals surface area (Å²) < 4.78 is 0.794. The normalized spacial score (nSPS) is 15.8. The van der Waals surface area contributed by atoms with Gasteiger partial charge in [0, 0.05) is 42.4 Å². The summed E-state index contributed by atoms with van der Waals surface area (Å²) >= 11 is 3.32. The molecule has 0 aliphatic carbocycles. The highest BCUT2D eigenvalue weighted by atomic mass is 79.9. The van der Waals surface area contributed by atoms with Crippen LogP contribution in [0.3, 0.4) is 0 Å². The van der Waals surface area contributed by atoms with Gasteiger partial charge in [-0.15, -0.1) is 0 Å². The smallest absolute Gasteiger partial charge is 0.255 e. The van der Waals surface area contributed by atoms with Crippen molar-refractivity contribution in [2.24, 2.45) is 5.92 Å². The number of halogens is 1. The first-order chi connectivity index (χ1) is 10.1. The lowest BCUT2D eigenvalue weighted by Crippen LogP contribution is -2.43. The Morgan fingerprint density at radius 3 is 2.71 bits per heavy atom. The van der Waals surface area contributed by atoms with Crippen LogP contribution in [0.25, 0.3) is 0 Å². The molecule has 0 bridgehead atoms. The fourth-order valence-electron chi connectivity index (χ4n) is 2.45. The number of carbonyl (C=O) groups excluding carboxylic acids is 2. The SMILES string of the molecule is CCCNC(=O)C1CCN(C(=O)c2cncc(Br)c2)CC1. The highest BCUT2D eigenvalue weighted by Gasteiger charge is 2.27. The molecule has 0 unspecified atom stereocenters. The molecule has 114 valence electrons. The van der Waals surface area contributed by atoms with Crippen molar-refractivity contribution in [1.29, 1.82) is 0 Å². The van der Waals surface area contributed by atoms with Crippen molar-refractivity contribution in [2.75, 3.05) is 19.6 Å². The van der Waals surface area contributed by atoms with E-state index in [0.29, 0.717) is 18.7 Å². The highest BCUT2D eigenvalue weighted by molar-refractivity contribution is 9.10. The molecule has 6 heteroatoms. The van der Waals surface area contributed by atoms with Crippen molar-refractivity contribution in [3.8, 4) is 0 Å². The largest absolute Gasteiger partial charge is 0.356 e. The number of amides is 2. The van der Waals surface area contributed by atoms with Gasteiger partial charge in [-0.1, -0.05) is 6.92 Å². The molecule has 5 nitrogen and oxygen atoms in total. The topological polar surface area (TPSA) is 62.3 Å². The molecule has 1 aromatic rings. The third-order valence-corrected chi connectivity index (χ3v) is 4.09. The Morgan fingerprint density at radius 1 is 1.38 bits per heavy atom. The van der Waals surface area contributed by atoms with Crippen LogP contribution in [0.5, 0.6) is 0 Å². The van der Waals surface area contributed by atoms with Gasteiger partial charge in [-0.2, -0.15) is 0 Å². The molecule has 21 heavy (non-hydrogen) atoms. The van der Waals surface area contributed by atoms with Gasteiger partial charge < -0.3 is 10.2 Å². The number of carbonyl (C=O) groups is 2. The Hall–Kier alpha value is -1.43. The number of aromatic nitrogens is 1. The number of rotatable bonds is 4. The molecule has 1 fully saturated rings. The molecule has 1 N–H and O–H groups in total. The molecule has 1 aliphatic rings. The van der Waals surface area contributed by atoms with Gasteiger partial charge in [0.25, 0.3) is 5.91 Å². The lowest BCUT2D eigenvalue weighted by atomic mass is 9.95. The number of hydrogen-bond acceptors (Lipinski definition) is 3. The van der Waals surface area contributed by atoms with Crippen molar-refractivity contribution in [1.82, 2.24) is 15.2 Å². The summed E-state index contributed by atoms with van der Waals surface area (Å²) in [5.41, 5.74) is 0.582. The van der Waals surface area contributed by atoms with E-state index >= 15 is 0 Å². The molecule has 1 aromatic heterocycles. The predicted octanol–water partition coefficient (Wildman–Crippen LogP) is 2.22. The van der Waals surface area contributed by atoms with E-state index in [9.17, 15) is 9.59 Å². The first-order valence-electron chi connectivity index (χ1n) is 7.29. The summed E-state index contributed by atoms with van der Waals surface area (Å²) in [6.45, 7) is 4.00. The second-order valence-corrected chi connectivity index (χ2v) is 6.17. The molecule has 0 radical (unpaired) electrons. The van der Waals surface area contributed by atoms with E-state index in [1.54, 1.807) is 23.4 Å². The van der Waals surface area contributed by atoms with Crippen LogP contribution in [0.4, 0.5) is 0 Å². The van der Waals surface area contributed by atoms with E-state index in [0.717, 1.165) is 30.3 Å². The molecule has 2 amide bonds. The zero-order chi connectivity index (χ0) is 15.2. The van der Waals surface area contributed by atoms with Gasteiger partial charge in [0.05, 0.1) is 5.56 Å². The first kappa shape index (κ1) is 15.9. The summed E-state index contributed by atoms with van der Waals surface area (Å²) in [5, 5.41) is 2.93. The molecular formula is C15H20BrN3O2. The Kier molecular flexibility index (Phi) is 5.73. The van der Waals surface area contributed by atoms with Gasteiger partial charge in [0.15, 0.2) is 0 Å². The van der Waals surface area contributed by atoms with Crippen LogP contribution < -0.4 is 5.32 Å². The maximum atomic E-state index is 12.4. The van der Waals surface area contributed by atoms with Gasteiger partial charge in [0.1, 0.15) is 0 Å². The lowest BCUT2D eigenvalue weighted by molar-refractivity contribution is -0.126. The Balaban J connectivity index is 1.89. The zero-order valence-electron chi connectivity index (χ0n) is 12.1. The molecule has 0 saturated carbocycles. The molecule has 2 rings (SSSR count). The summed E-state index contributed by atoms with van der Waals surface area (Å²) in [7, 11) is 0. The van der Waals surface area contributed by atoms with Gasteiger partial charge in [-0.05, 0) is 41.3 Å². The van der Waals surface area contributed by atoms with E-state index in [2.05, 4.69) is 26.2 Å². The second-order valence-electron chi connectivity index (χ2n) is 5.25. The standard InChI is InChI=1S/C15H20BrN3O2/c1-2-5-18-14(20)11-3-6-19(7-4-11)15(21)12-8-13(16)10-17-9-12/h8-11H,2-7H2,1H3,(H,18,20). The minimum absolute atomic E-state index is 0.0174. The van der Waals surface area contributed by atoms with Crippen LogP contribution in [0.2, 0.25) is 0 Å². The van der Waals surface area contributed by atoms with Gasteiger partial charge in [-0.25, -0.2) is 0 Å². The van der Waals surface area contributed by atoms with Crippen molar-refractivity contribution in [2.45, 2.75) is 26.2 Å². The average molecular weight is 354 g/mol. The number of piperidine rings is 1. The molecule has 0 aromatic carbocycles. The molecule has 0 atom stereocenters. The van der Waals surface area contributed by atoms with Crippen LogP contribution in [-0.2, 0) is 4.79 Å². The van der Waals surface area contributed by atoms with Gasteiger partial charge in [-0.3, -0.25) is 14.6 Å². The van der Waals surface area contributed by atoms with Crippen LogP contribution in [-0.4, -0.2) is 41.3 Å². The maximum Gasteiger partial charge on any atom is 0.255 e. The van der Waals surface area contributed by atoms with E-state index < -0.39 is 0 Å². The minimum Gasteiger partial charge on any atom is -0.356 e. The van der Waals surface area contributed by atoms with E-state index in [4.69, 9.17) is 0 Å². The summed E-state index contributed by atoms with van der Waals surface area (Å²) in [5.74, 6) is 0.130. The summed E-state index contributed by atoms with van der Waals surface area (Å²) in [6, 6.07) is 1.77. The number of hydrogen-bond donors (Lipinski definition) is 1. The lowest BCUT2D eigenvalue weighted by Gasteiger charge is -2.31. The number of pyridine rings is 1. The molecule has 1 aliphatic heterocycles. The zero-order valence-corrected chi connectivity index (χ0v) is 13.7. The third-order valence-electron chi connectivity index (χ3n) is 3.65. The second kappa shape index (κ2) is 7.54. The van der Waals surface area contributed by atoms with Crippen molar-refractivity contribution >= 4 is 27.7 Å². The third kappa shape index (κ3) is 4.27. The van der Waals surface area contributed by atoms with Gasteiger partial charge in [0.2, 0.25) is 5.91 Å². The fourth-order valence-corrected chi connectivity index (χ4v) is 2.81. The molecular weight excluding hydrogens is 334 g/mol. The van der Waals surface area contributed by atoms with Crippen LogP contribution >= 0.6 is 15.9 Å². The predicted molar refractivity (Wildman–Crippen MR) is 83.9 cm³/mol. The maximum absolute atomic E-state index is 12.4. The van der Waals surface area contributed by atoms with Crippen LogP contribution in [0.15, 0.2) is 22.9 Å². The average Bonchev–Trinajstić information content (AvgIpc) is 2.52. The molecule has 0 spiro atoms. The molecule has 2 heterocycles. The number of nitrogens with one attached hydrogen (secondary N) is 1. The quantitative estimate of drug-likeness (QED) is 0.902. The van der Waals surface area contributed by atoms with Gasteiger partial charge >= 0.3 is 0 Å². The van der Waals surface area contributed by atoms with E-state index in [-0.39, 0.29) is 17.7 Å². The fraction of sp³-hybridized carbons (Fsp3) is 0.533. The van der Waals surface area contributed by atoms with E-state index in [1.165, 1.54) is 0 Å². The van der Waals surface area contributed by atoms with E-state index in [1.807, 2.05) is 6.92 Å². The van der Waals surface area contributed by atoms with Crippen LogP contribution in [0.1, 0.15) is 36.5 Å². The van der Waals surface area contributed by atoms with Crippen molar-refractivity contribution < 1.29 is 9.59 Å². The monoisotopic (exact) mass is 353 g/mol. The number of likely N-dealkylation sites (tertiary alicyclic amines) is 1. The highest BCUT2D eigenvalue weighted by Crippen LogP contribution is 2.20. The summed E-state index contributed by atoms with van der Waals surface area (Å²) in [6.07, 6.45) is 5.62. The number of nitrogens with zero attached hydrogens (tertiary/aromatic N) is 2. The Labute approximate surface area is 133 Å². The Morgan fingerprint density at radius 2 is 2.10 bits per heavy atom.